The molecule has 1 aromatic rings. The normalized spacial score (nSPS) is 19.6. The van der Waals surface area contributed by atoms with E-state index in [-0.39, 0.29) is 11.8 Å². The number of likely N-dealkylation sites (tertiary alicyclic amines) is 2. The Morgan fingerprint density at radius 3 is 2.40 bits per heavy atom. The minimum Gasteiger partial charge on any atom is -0.340 e. The van der Waals surface area contributed by atoms with E-state index in [9.17, 15) is 9.59 Å². The van der Waals surface area contributed by atoms with Gasteiger partial charge in [-0.25, -0.2) is 0 Å². The van der Waals surface area contributed by atoms with Crippen LogP contribution in [0.25, 0.3) is 5.57 Å². The summed E-state index contributed by atoms with van der Waals surface area (Å²) >= 11 is 0. The molecule has 3 rings (SSSR count). The topological polar surface area (TPSA) is 40.6 Å². The van der Waals surface area contributed by atoms with Crippen LogP contribution in [0.4, 0.5) is 0 Å². The average molecular weight is 340 g/mol. The molecule has 0 aliphatic carbocycles. The number of piperidine rings is 1. The van der Waals surface area contributed by atoms with Crippen LogP contribution < -0.4 is 0 Å². The van der Waals surface area contributed by atoms with Gasteiger partial charge in [0.15, 0.2) is 0 Å². The average Bonchev–Trinajstić information content (AvgIpc) is 3.06. The molecule has 134 valence electrons. The van der Waals surface area contributed by atoms with E-state index in [1.165, 1.54) is 5.56 Å². The second-order valence-corrected chi connectivity index (χ2v) is 7.14. The van der Waals surface area contributed by atoms with Gasteiger partial charge in [0.25, 0.3) is 0 Å². The van der Waals surface area contributed by atoms with E-state index in [0.717, 1.165) is 56.5 Å². The van der Waals surface area contributed by atoms with Gasteiger partial charge in [0.1, 0.15) is 0 Å². The summed E-state index contributed by atoms with van der Waals surface area (Å²) in [5.41, 5.74) is 3.44. The minimum absolute atomic E-state index is 0.101. The van der Waals surface area contributed by atoms with Gasteiger partial charge in [-0.15, -0.1) is 0 Å². The monoisotopic (exact) mass is 340 g/mol. The Balaban J connectivity index is 1.61. The number of amides is 2. The molecule has 4 nitrogen and oxygen atoms in total. The van der Waals surface area contributed by atoms with Gasteiger partial charge in [-0.2, -0.15) is 0 Å². The van der Waals surface area contributed by atoms with E-state index in [0.29, 0.717) is 12.5 Å². The fraction of sp³-hybridized carbons (Fsp3) is 0.524. The molecule has 4 heteroatoms. The Bertz CT molecular complexity index is 655. The zero-order chi connectivity index (χ0) is 17.8. The van der Waals surface area contributed by atoms with E-state index in [1.54, 1.807) is 6.08 Å². The van der Waals surface area contributed by atoms with Crippen molar-refractivity contribution in [2.24, 2.45) is 0 Å². The van der Waals surface area contributed by atoms with E-state index in [2.05, 4.69) is 38.1 Å². The standard InChI is InChI=1S/C21H28N2O2/c1-3-17(18-8-6-16(2)7-9-18)15-21(25)22-13-10-19(11-14-22)23-12-4-5-20(23)24/h6-9,15,19H,3-5,10-14H2,1-2H3/b17-15+. The van der Waals surface area contributed by atoms with Crippen molar-refractivity contribution in [3.05, 3.63) is 41.5 Å². The van der Waals surface area contributed by atoms with Crippen LogP contribution in [0, 0.1) is 6.92 Å². The first-order chi connectivity index (χ1) is 12.1. The van der Waals surface area contributed by atoms with Gasteiger partial charge >= 0.3 is 0 Å². The summed E-state index contributed by atoms with van der Waals surface area (Å²) in [5, 5.41) is 0. The van der Waals surface area contributed by atoms with Crippen LogP contribution in [-0.4, -0.2) is 47.3 Å². The van der Waals surface area contributed by atoms with Gasteiger partial charge in [-0.05, 0) is 43.7 Å². The molecular weight excluding hydrogens is 312 g/mol. The van der Waals surface area contributed by atoms with Gasteiger partial charge in [0.05, 0.1) is 0 Å². The zero-order valence-electron chi connectivity index (χ0n) is 15.3. The predicted octanol–water partition coefficient (Wildman–Crippen LogP) is 3.40. The molecule has 0 unspecified atom stereocenters. The van der Waals surface area contributed by atoms with E-state index < -0.39 is 0 Å². The molecule has 2 aliphatic rings. The maximum absolute atomic E-state index is 12.7. The molecule has 0 saturated carbocycles. The van der Waals surface area contributed by atoms with Crippen LogP contribution in [0.5, 0.6) is 0 Å². The Kier molecular flexibility index (Phi) is 5.57. The SMILES string of the molecule is CC/C(=C\C(=O)N1CCC(N2CCCC2=O)CC1)c1ccc(C)cc1. The number of carbonyl (C=O) groups excluding carboxylic acids is 2. The molecule has 1 aromatic carbocycles. The van der Waals surface area contributed by atoms with E-state index in [1.807, 2.05) is 9.80 Å². The number of aryl methyl sites for hydroxylation is 1. The molecule has 0 N–H and O–H groups in total. The van der Waals surface area contributed by atoms with Gasteiger partial charge < -0.3 is 9.80 Å². The number of benzene rings is 1. The molecule has 0 radical (unpaired) electrons. The van der Waals surface area contributed by atoms with Crippen molar-refractivity contribution >= 4 is 17.4 Å². The lowest BCUT2D eigenvalue weighted by Crippen LogP contribution is -2.46. The van der Waals surface area contributed by atoms with E-state index >= 15 is 0 Å². The minimum atomic E-state index is 0.101. The summed E-state index contributed by atoms with van der Waals surface area (Å²) in [6, 6.07) is 8.67. The molecular formula is C21H28N2O2. The predicted molar refractivity (Wildman–Crippen MR) is 100.0 cm³/mol. The summed E-state index contributed by atoms with van der Waals surface area (Å²) < 4.78 is 0. The second-order valence-electron chi connectivity index (χ2n) is 7.14. The Hall–Kier alpha value is -2.10. The highest BCUT2D eigenvalue weighted by molar-refractivity contribution is 5.95. The zero-order valence-corrected chi connectivity index (χ0v) is 15.3. The summed E-state index contributed by atoms with van der Waals surface area (Å²) in [6.07, 6.45) is 6.11. The third-order valence-corrected chi connectivity index (χ3v) is 5.43. The van der Waals surface area contributed by atoms with Crippen molar-refractivity contribution in [2.75, 3.05) is 19.6 Å². The van der Waals surface area contributed by atoms with Crippen molar-refractivity contribution in [3.8, 4) is 0 Å². The molecule has 0 bridgehead atoms. The quantitative estimate of drug-likeness (QED) is 0.788. The molecule has 2 saturated heterocycles. The van der Waals surface area contributed by atoms with Crippen molar-refractivity contribution in [3.63, 3.8) is 0 Å². The first-order valence-electron chi connectivity index (χ1n) is 9.44. The van der Waals surface area contributed by atoms with Gasteiger partial charge in [-0.3, -0.25) is 9.59 Å². The maximum Gasteiger partial charge on any atom is 0.246 e. The molecule has 2 amide bonds. The van der Waals surface area contributed by atoms with Crippen LogP contribution in [0.15, 0.2) is 30.3 Å². The van der Waals surface area contributed by atoms with Crippen LogP contribution >= 0.6 is 0 Å². The Morgan fingerprint density at radius 2 is 1.84 bits per heavy atom. The van der Waals surface area contributed by atoms with Crippen LogP contribution in [-0.2, 0) is 9.59 Å². The highest BCUT2D eigenvalue weighted by atomic mass is 16.2. The smallest absolute Gasteiger partial charge is 0.246 e. The first-order valence-corrected chi connectivity index (χ1v) is 9.44. The molecule has 0 spiro atoms. The van der Waals surface area contributed by atoms with Crippen LogP contribution in [0.3, 0.4) is 0 Å². The van der Waals surface area contributed by atoms with Gasteiger partial charge in [0, 0.05) is 38.2 Å². The molecule has 0 atom stereocenters. The maximum atomic E-state index is 12.7. The number of hydrogen-bond donors (Lipinski definition) is 0. The molecule has 2 fully saturated rings. The summed E-state index contributed by atoms with van der Waals surface area (Å²) in [4.78, 5) is 28.5. The first kappa shape index (κ1) is 17.7. The molecule has 2 aliphatic heterocycles. The summed E-state index contributed by atoms with van der Waals surface area (Å²) in [5.74, 6) is 0.390. The summed E-state index contributed by atoms with van der Waals surface area (Å²) in [7, 11) is 0. The number of rotatable bonds is 4. The highest BCUT2D eigenvalue weighted by Crippen LogP contribution is 2.23. The largest absolute Gasteiger partial charge is 0.340 e. The fourth-order valence-electron chi connectivity index (χ4n) is 3.85. The molecule has 2 heterocycles. The Morgan fingerprint density at radius 1 is 1.16 bits per heavy atom. The number of allylic oxidation sites excluding steroid dienone is 1. The lowest BCUT2D eigenvalue weighted by Gasteiger charge is -2.36. The number of carbonyl (C=O) groups is 2. The van der Waals surface area contributed by atoms with Crippen molar-refractivity contribution in [2.45, 2.75) is 52.0 Å². The number of nitrogens with zero attached hydrogens (tertiary/aromatic N) is 2. The van der Waals surface area contributed by atoms with Crippen molar-refractivity contribution < 1.29 is 9.59 Å². The Labute approximate surface area is 150 Å². The second kappa shape index (κ2) is 7.85. The summed E-state index contributed by atoms with van der Waals surface area (Å²) in [6.45, 7) is 6.54. The molecule has 0 aromatic heterocycles. The molecule has 25 heavy (non-hydrogen) atoms. The van der Waals surface area contributed by atoms with Crippen LogP contribution in [0.2, 0.25) is 0 Å². The van der Waals surface area contributed by atoms with Gasteiger partial charge in [-0.1, -0.05) is 36.8 Å². The third-order valence-electron chi connectivity index (χ3n) is 5.43. The third kappa shape index (κ3) is 4.12. The number of hydrogen-bond acceptors (Lipinski definition) is 2. The lowest BCUT2D eigenvalue weighted by molar-refractivity contribution is -0.132. The van der Waals surface area contributed by atoms with Gasteiger partial charge in [0.2, 0.25) is 11.8 Å². The van der Waals surface area contributed by atoms with Crippen molar-refractivity contribution in [1.29, 1.82) is 0 Å². The fourth-order valence-corrected chi connectivity index (χ4v) is 3.85. The lowest BCUT2D eigenvalue weighted by atomic mass is 10.0. The van der Waals surface area contributed by atoms with Crippen molar-refractivity contribution in [1.82, 2.24) is 9.80 Å². The highest BCUT2D eigenvalue weighted by Gasteiger charge is 2.31. The van der Waals surface area contributed by atoms with Crippen LogP contribution in [0.1, 0.15) is 50.2 Å². The van der Waals surface area contributed by atoms with E-state index in [4.69, 9.17) is 0 Å².